The normalized spacial score (nSPS) is 13.4. The number of nitrogens with one attached hydrogen (secondary N) is 1. The van der Waals surface area contributed by atoms with Gasteiger partial charge in [0.2, 0.25) is 0 Å². The Balaban J connectivity index is 2.92. The zero-order valence-corrected chi connectivity index (χ0v) is 13.8. The molecule has 0 aliphatic rings. The second-order valence-electron chi connectivity index (χ2n) is 6.79. The van der Waals surface area contributed by atoms with E-state index in [0.29, 0.717) is 18.4 Å². The first-order valence-electron chi connectivity index (χ1n) is 7.42. The van der Waals surface area contributed by atoms with Crippen molar-refractivity contribution in [3.8, 4) is 5.75 Å². The van der Waals surface area contributed by atoms with Crippen molar-refractivity contribution in [1.82, 2.24) is 0 Å². The molecule has 1 atom stereocenters. The Morgan fingerprint density at radius 1 is 1.25 bits per heavy atom. The lowest BCUT2D eigenvalue weighted by Crippen LogP contribution is -2.27. The summed E-state index contributed by atoms with van der Waals surface area (Å²) in [7, 11) is 1.71. The van der Waals surface area contributed by atoms with Crippen LogP contribution in [-0.2, 0) is 5.41 Å². The Bertz CT molecular complexity index is 421. The van der Waals surface area contributed by atoms with Crippen LogP contribution in [0.5, 0.6) is 5.75 Å². The Hall–Kier alpha value is -1.22. The third-order valence-electron chi connectivity index (χ3n) is 3.87. The highest BCUT2D eigenvalue weighted by molar-refractivity contribution is 5.59. The molecule has 1 aromatic rings. The van der Waals surface area contributed by atoms with Crippen LogP contribution < -0.4 is 15.8 Å². The molecule has 0 aliphatic carbocycles. The zero-order chi connectivity index (χ0) is 15.3. The van der Waals surface area contributed by atoms with Crippen molar-refractivity contribution in [2.24, 2.45) is 17.6 Å². The molecule has 0 amide bonds. The molecular formula is C17H30N2O. The van der Waals surface area contributed by atoms with Gasteiger partial charge in [-0.25, -0.2) is 0 Å². The summed E-state index contributed by atoms with van der Waals surface area (Å²) in [6, 6.07) is 6.36. The highest BCUT2D eigenvalue weighted by Gasteiger charge is 2.17. The monoisotopic (exact) mass is 278 g/mol. The van der Waals surface area contributed by atoms with Gasteiger partial charge in [-0.05, 0) is 41.5 Å². The van der Waals surface area contributed by atoms with E-state index in [9.17, 15) is 0 Å². The number of benzene rings is 1. The Labute approximate surface area is 123 Å². The summed E-state index contributed by atoms with van der Waals surface area (Å²) in [5, 5.41) is 3.50. The van der Waals surface area contributed by atoms with Crippen LogP contribution in [0.4, 0.5) is 5.69 Å². The van der Waals surface area contributed by atoms with Crippen LogP contribution in [0, 0.1) is 11.8 Å². The summed E-state index contributed by atoms with van der Waals surface area (Å²) in [5.41, 5.74) is 8.32. The Kier molecular flexibility index (Phi) is 5.88. The summed E-state index contributed by atoms with van der Waals surface area (Å²) in [4.78, 5) is 0. The molecule has 3 nitrogen and oxygen atoms in total. The van der Waals surface area contributed by atoms with Crippen molar-refractivity contribution in [2.75, 3.05) is 25.5 Å². The van der Waals surface area contributed by atoms with Gasteiger partial charge in [0, 0.05) is 6.54 Å². The maximum Gasteiger partial charge on any atom is 0.141 e. The zero-order valence-electron chi connectivity index (χ0n) is 13.8. The smallest absolute Gasteiger partial charge is 0.141 e. The van der Waals surface area contributed by atoms with E-state index in [-0.39, 0.29) is 5.41 Å². The maximum absolute atomic E-state index is 5.84. The van der Waals surface area contributed by atoms with Gasteiger partial charge in [0.1, 0.15) is 5.75 Å². The number of rotatable bonds is 6. The van der Waals surface area contributed by atoms with E-state index < -0.39 is 0 Å². The second kappa shape index (κ2) is 6.98. The van der Waals surface area contributed by atoms with Crippen LogP contribution in [0.25, 0.3) is 0 Å². The van der Waals surface area contributed by atoms with Crippen molar-refractivity contribution < 1.29 is 4.74 Å². The van der Waals surface area contributed by atoms with Crippen molar-refractivity contribution >= 4 is 5.69 Å². The van der Waals surface area contributed by atoms with Gasteiger partial charge in [-0.3, -0.25) is 0 Å². The van der Waals surface area contributed by atoms with Gasteiger partial charge in [-0.2, -0.15) is 0 Å². The van der Waals surface area contributed by atoms with E-state index in [4.69, 9.17) is 10.5 Å². The first-order chi connectivity index (χ1) is 9.29. The van der Waals surface area contributed by atoms with Gasteiger partial charge >= 0.3 is 0 Å². The molecule has 0 saturated carbocycles. The minimum absolute atomic E-state index is 0.133. The van der Waals surface area contributed by atoms with E-state index in [0.717, 1.165) is 18.0 Å². The lowest BCUT2D eigenvalue weighted by atomic mass is 9.86. The highest BCUT2D eigenvalue weighted by Crippen LogP contribution is 2.31. The first-order valence-corrected chi connectivity index (χ1v) is 7.42. The standard InChI is InChI=1S/C17H30N2O/c1-12(2)13(10-18)11-19-15-9-14(17(3,4)5)7-8-16(15)20-6/h7-9,12-13,19H,10-11,18H2,1-6H3. The molecule has 3 N–H and O–H groups in total. The second-order valence-corrected chi connectivity index (χ2v) is 6.79. The van der Waals surface area contributed by atoms with E-state index in [2.05, 4.69) is 52.1 Å². The lowest BCUT2D eigenvalue weighted by Gasteiger charge is -2.24. The average Bonchev–Trinajstić information content (AvgIpc) is 2.37. The third-order valence-corrected chi connectivity index (χ3v) is 3.87. The molecule has 1 aromatic carbocycles. The van der Waals surface area contributed by atoms with Crippen LogP contribution in [0.1, 0.15) is 40.2 Å². The molecule has 0 aromatic heterocycles. The number of nitrogens with two attached hydrogens (primary N) is 1. The highest BCUT2D eigenvalue weighted by atomic mass is 16.5. The minimum atomic E-state index is 0.133. The molecule has 0 bridgehead atoms. The molecule has 0 saturated heterocycles. The Morgan fingerprint density at radius 2 is 1.90 bits per heavy atom. The van der Waals surface area contributed by atoms with Gasteiger partial charge in [0.15, 0.2) is 0 Å². The summed E-state index contributed by atoms with van der Waals surface area (Å²) in [5.74, 6) is 1.93. The average molecular weight is 278 g/mol. The molecule has 0 radical (unpaired) electrons. The molecule has 0 heterocycles. The van der Waals surface area contributed by atoms with Gasteiger partial charge in [-0.1, -0.05) is 40.7 Å². The van der Waals surface area contributed by atoms with E-state index >= 15 is 0 Å². The van der Waals surface area contributed by atoms with Crippen molar-refractivity contribution in [1.29, 1.82) is 0 Å². The van der Waals surface area contributed by atoms with E-state index in [1.165, 1.54) is 5.56 Å². The van der Waals surface area contributed by atoms with E-state index in [1.54, 1.807) is 7.11 Å². The quantitative estimate of drug-likeness (QED) is 0.835. The molecule has 20 heavy (non-hydrogen) atoms. The SMILES string of the molecule is COc1ccc(C(C)(C)C)cc1NCC(CN)C(C)C. The fraction of sp³-hybridized carbons (Fsp3) is 0.647. The predicted octanol–water partition coefficient (Wildman–Crippen LogP) is 3.64. The van der Waals surface area contributed by atoms with Crippen molar-refractivity contribution in [3.63, 3.8) is 0 Å². The molecule has 1 rings (SSSR count). The van der Waals surface area contributed by atoms with Crippen LogP contribution in [-0.4, -0.2) is 20.2 Å². The predicted molar refractivity (Wildman–Crippen MR) is 87.6 cm³/mol. The maximum atomic E-state index is 5.84. The van der Waals surface area contributed by atoms with E-state index in [1.807, 2.05) is 6.07 Å². The van der Waals surface area contributed by atoms with Crippen molar-refractivity contribution in [2.45, 2.75) is 40.0 Å². The van der Waals surface area contributed by atoms with Gasteiger partial charge < -0.3 is 15.8 Å². The van der Waals surface area contributed by atoms with Crippen LogP contribution in [0.15, 0.2) is 18.2 Å². The largest absolute Gasteiger partial charge is 0.495 e. The summed E-state index contributed by atoms with van der Waals surface area (Å²) < 4.78 is 5.45. The molecule has 114 valence electrons. The summed E-state index contributed by atoms with van der Waals surface area (Å²) in [6.45, 7) is 12.6. The first kappa shape index (κ1) is 16.8. The summed E-state index contributed by atoms with van der Waals surface area (Å²) >= 11 is 0. The summed E-state index contributed by atoms with van der Waals surface area (Å²) in [6.07, 6.45) is 0. The topological polar surface area (TPSA) is 47.3 Å². The van der Waals surface area contributed by atoms with Gasteiger partial charge in [-0.15, -0.1) is 0 Å². The van der Waals surface area contributed by atoms with Gasteiger partial charge in [0.25, 0.3) is 0 Å². The fourth-order valence-electron chi connectivity index (χ4n) is 2.14. The fourth-order valence-corrected chi connectivity index (χ4v) is 2.14. The van der Waals surface area contributed by atoms with Crippen molar-refractivity contribution in [3.05, 3.63) is 23.8 Å². The molecule has 1 unspecified atom stereocenters. The number of methoxy groups -OCH3 is 1. The lowest BCUT2D eigenvalue weighted by molar-refractivity contribution is 0.405. The minimum Gasteiger partial charge on any atom is -0.495 e. The molecule has 3 heteroatoms. The Morgan fingerprint density at radius 3 is 2.35 bits per heavy atom. The third kappa shape index (κ3) is 4.41. The van der Waals surface area contributed by atoms with Crippen LogP contribution in [0.2, 0.25) is 0 Å². The molecule has 0 fully saturated rings. The number of ether oxygens (including phenoxy) is 1. The number of hydrogen-bond acceptors (Lipinski definition) is 3. The van der Waals surface area contributed by atoms with Gasteiger partial charge in [0.05, 0.1) is 12.8 Å². The van der Waals surface area contributed by atoms with Crippen LogP contribution in [0.3, 0.4) is 0 Å². The van der Waals surface area contributed by atoms with Crippen LogP contribution >= 0.6 is 0 Å². The number of anilines is 1. The molecule has 0 aliphatic heterocycles. The number of hydrogen-bond donors (Lipinski definition) is 2. The molecule has 0 spiro atoms. The molecular weight excluding hydrogens is 248 g/mol.